The van der Waals surface area contributed by atoms with Gasteiger partial charge in [0, 0.05) is 24.8 Å². The lowest BCUT2D eigenvalue weighted by atomic mass is 10.1. The minimum Gasteiger partial charge on any atom is -0.399 e. The Bertz CT molecular complexity index is 538. The molecule has 0 bridgehead atoms. The van der Waals surface area contributed by atoms with Gasteiger partial charge >= 0.3 is 0 Å². The van der Waals surface area contributed by atoms with Crippen molar-refractivity contribution in [2.75, 3.05) is 32.0 Å². The summed E-state index contributed by atoms with van der Waals surface area (Å²) in [7, 11) is 0. The van der Waals surface area contributed by atoms with E-state index in [1.54, 1.807) is 18.2 Å². The molecule has 2 saturated heterocycles. The molecule has 0 saturated carbocycles. The third-order valence-corrected chi connectivity index (χ3v) is 4.52. The molecular formula is C15H20ClN3O2. The van der Waals surface area contributed by atoms with E-state index in [0.717, 1.165) is 19.7 Å². The number of morpholine rings is 1. The number of carbonyl (C=O) groups excluding carboxylic acids is 1. The third kappa shape index (κ3) is 3.31. The zero-order valence-corrected chi connectivity index (χ0v) is 12.6. The van der Waals surface area contributed by atoms with E-state index >= 15 is 0 Å². The van der Waals surface area contributed by atoms with Crippen LogP contribution in [0.2, 0.25) is 5.02 Å². The van der Waals surface area contributed by atoms with Crippen molar-refractivity contribution in [3.05, 3.63) is 28.8 Å². The zero-order valence-electron chi connectivity index (χ0n) is 11.8. The molecule has 2 unspecified atom stereocenters. The molecule has 1 amide bonds. The maximum Gasteiger partial charge on any atom is 0.252 e. The van der Waals surface area contributed by atoms with E-state index in [1.807, 2.05) is 0 Å². The number of hydrogen-bond acceptors (Lipinski definition) is 4. The number of nitrogens with two attached hydrogens (primary N) is 1. The molecule has 2 fully saturated rings. The number of nitrogens with one attached hydrogen (secondary N) is 1. The number of hydrogen-bond donors (Lipinski definition) is 2. The van der Waals surface area contributed by atoms with Gasteiger partial charge in [-0.05, 0) is 37.6 Å². The van der Waals surface area contributed by atoms with Crippen molar-refractivity contribution in [2.45, 2.75) is 25.0 Å². The highest BCUT2D eigenvalue weighted by Gasteiger charge is 2.32. The summed E-state index contributed by atoms with van der Waals surface area (Å²) in [6.07, 6.45) is 2.51. The normalized spacial score (nSPS) is 25.6. The van der Waals surface area contributed by atoms with Gasteiger partial charge in [0.2, 0.25) is 0 Å². The zero-order chi connectivity index (χ0) is 14.8. The Morgan fingerprint density at radius 3 is 3.24 bits per heavy atom. The Morgan fingerprint density at radius 2 is 2.38 bits per heavy atom. The first kappa shape index (κ1) is 14.6. The average Bonchev–Trinajstić information content (AvgIpc) is 2.94. The lowest BCUT2D eigenvalue weighted by Gasteiger charge is -2.35. The molecule has 0 radical (unpaired) electrons. The maximum atomic E-state index is 12.2. The van der Waals surface area contributed by atoms with Crippen LogP contribution in [0, 0.1) is 0 Å². The van der Waals surface area contributed by atoms with Crippen molar-refractivity contribution >= 4 is 23.2 Å². The van der Waals surface area contributed by atoms with Gasteiger partial charge in [-0.15, -0.1) is 0 Å². The molecule has 2 aliphatic rings. The van der Waals surface area contributed by atoms with Crippen molar-refractivity contribution in [3.8, 4) is 0 Å². The van der Waals surface area contributed by atoms with Crippen molar-refractivity contribution in [2.24, 2.45) is 0 Å². The van der Waals surface area contributed by atoms with Crippen LogP contribution in [0.15, 0.2) is 18.2 Å². The van der Waals surface area contributed by atoms with E-state index in [0.29, 0.717) is 28.9 Å². The first-order chi connectivity index (χ1) is 10.1. The molecule has 3 N–H and O–H groups in total. The third-order valence-electron chi connectivity index (χ3n) is 4.19. The van der Waals surface area contributed by atoms with Gasteiger partial charge < -0.3 is 15.8 Å². The quantitative estimate of drug-likeness (QED) is 0.831. The molecule has 0 spiro atoms. The molecule has 2 atom stereocenters. The van der Waals surface area contributed by atoms with Gasteiger partial charge in [-0.25, -0.2) is 0 Å². The minimum absolute atomic E-state index is 0.0446. The van der Waals surface area contributed by atoms with Crippen molar-refractivity contribution in [1.82, 2.24) is 10.2 Å². The van der Waals surface area contributed by atoms with Crippen molar-refractivity contribution in [3.63, 3.8) is 0 Å². The summed E-state index contributed by atoms with van der Waals surface area (Å²) in [6, 6.07) is 5.48. The number of fused-ring (bicyclic) bond motifs is 1. The number of carbonyl (C=O) groups is 1. The molecule has 0 aromatic heterocycles. The summed E-state index contributed by atoms with van der Waals surface area (Å²) < 4.78 is 5.82. The van der Waals surface area contributed by atoms with Crippen LogP contribution >= 0.6 is 11.6 Å². The molecule has 5 nitrogen and oxygen atoms in total. The molecule has 0 aliphatic carbocycles. The van der Waals surface area contributed by atoms with E-state index in [-0.39, 0.29) is 12.0 Å². The minimum atomic E-state index is -0.209. The standard InChI is InChI=1S/C15H20ClN3O2/c16-14-4-3-10(17)6-13(14)15(20)18-7-12-8-19-5-1-2-11(19)9-21-12/h3-4,6,11-12H,1-2,5,7-9,17H2,(H,18,20). The van der Waals surface area contributed by atoms with E-state index in [2.05, 4.69) is 10.2 Å². The van der Waals surface area contributed by atoms with Crippen molar-refractivity contribution < 1.29 is 9.53 Å². The van der Waals surface area contributed by atoms with Crippen LogP contribution in [0.3, 0.4) is 0 Å². The first-order valence-corrected chi connectivity index (χ1v) is 7.70. The summed E-state index contributed by atoms with van der Waals surface area (Å²) in [6.45, 7) is 3.28. The SMILES string of the molecule is Nc1ccc(Cl)c(C(=O)NCC2CN3CCCC3CO2)c1. The van der Waals surface area contributed by atoms with E-state index in [4.69, 9.17) is 22.1 Å². The molecule has 2 heterocycles. The van der Waals surface area contributed by atoms with Gasteiger partial charge in [0.25, 0.3) is 5.91 Å². The Morgan fingerprint density at radius 1 is 1.52 bits per heavy atom. The molecule has 2 aliphatic heterocycles. The topological polar surface area (TPSA) is 67.6 Å². The largest absolute Gasteiger partial charge is 0.399 e. The van der Waals surface area contributed by atoms with E-state index < -0.39 is 0 Å². The number of amides is 1. The maximum absolute atomic E-state index is 12.2. The number of nitrogens with zero attached hydrogens (tertiary/aromatic N) is 1. The second kappa shape index (κ2) is 6.22. The van der Waals surface area contributed by atoms with Gasteiger partial charge in [-0.3, -0.25) is 9.69 Å². The number of ether oxygens (including phenoxy) is 1. The summed E-state index contributed by atoms with van der Waals surface area (Å²) in [4.78, 5) is 14.6. The Hall–Kier alpha value is -1.30. The van der Waals surface area contributed by atoms with Crippen LogP contribution in [0.25, 0.3) is 0 Å². The van der Waals surface area contributed by atoms with E-state index in [9.17, 15) is 4.79 Å². The fraction of sp³-hybridized carbons (Fsp3) is 0.533. The van der Waals surface area contributed by atoms with Crippen LogP contribution in [-0.2, 0) is 4.74 Å². The second-order valence-electron chi connectivity index (χ2n) is 5.70. The fourth-order valence-corrected chi connectivity index (χ4v) is 3.23. The van der Waals surface area contributed by atoms with Crippen LogP contribution in [0.5, 0.6) is 0 Å². The lowest BCUT2D eigenvalue weighted by molar-refractivity contribution is -0.0461. The smallest absolute Gasteiger partial charge is 0.252 e. The van der Waals surface area contributed by atoms with Crippen LogP contribution in [-0.4, -0.2) is 49.2 Å². The van der Waals surface area contributed by atoms with Crippen LogP contribution < -0.4 is 11.1 Å². The predicted molar refractivity (Wildman–Crippen MR) is 82.5 cm³/mol. The number of nitrogen functional groups attached to an aromatic ring is 1. The van der Waals surface area contributed by atoms with Gasteiger partial charge in [-0.2, -0.15) is 0 Å². The van der Waals surface area contributed by atoms with Crippen LogP contribution in [0.1, 0.15) is 23.2 Å². The molecule has 114 valence electrons. The average molecular weight is 310 g/mol. The monoisotopic (exact) mass is 309 g/mol. The lowest BCUT2D eigenvalue weighted by Crippen LogP contribution is -2.50. The Balaban J connectivity index is 1.55. The number of anilines is 1. The molecule has 6 heteroatoms. The number of benzene rings is 1. The van der Waals surface area contributed by atoms with Crippen LogP contribution in [0.4, 0.5) is 5.69 Å². The predicted octanol–water partition coefficient (Wildman–Crippen LogP) is 1.52. The first-order valence-electron chi connectivity index (χ1n) is 7.32. The van der Waals surface area contributed by atoms with Crippen molar-refractivity contribution in [1.29, 1.82) is 0 Å². The molecule has 1 aromatic rings. The molecule has 21 heavy (non-hydrogen) atoms. The summed E-state index contributed by atoms with van der Waals surface area (Å²) in [5.41, 5.74) is 6.63. The molecule has 1 aromatic carbocycles. The summed E-state index contributed by atoms with van der Waals surface area (Å²) >= 11 is 6.03. The Kier molecular flexibility index (Phi) is 4.33. The molecule has 3 rings (SSSR count). The van der Waals surface area contributed by atoms with Gasteiger partial charge in [0.15, 0.2) is 0 Å². The summed E-state index contributed by atoms with van der Waals surface area (Å²) in [5, 5.41) is 3.29. The number of halogens is 1. The molecular weight excluding hydrogens is 290 g/mol. The van der Waals surface area contributed by atoms with E-state index in [1.165, 1.54) is 12.8 Å². The highest BCUT2D eigenvalue weighted by molar-refractivity contribution is 6.34. The second-order valence-corrected chi connectivity index (χ2v) is 6.10. The fourth-order valence-electron chi connectivity index (χ4n) is 3.03. The van der Waals surface area contributed by atoms with Gasteiger partial charge in [0.1, 0.15) is 0 Å². The Labute approximate surface area is 129 Å². The number of rotatable bonds is 3. The highest BCUT2D eigenvalue weighted by atomic mass is 35.5. The summed E-state index contributed by atoms with van der Waals surface area (Å²) in [5.74, 6) is -0.209. The highest BCUT2D eigenvalue weighted by Crippen LogP contribution is 2.22. The van der Waals surface area contributed by atoms with Gasteiger partial charge in [0.05, 0.1) is 23.3 Å². The van der Waals surface area contributed by atoms with Gasteiger partial charge in [-0.1, -0.05) is 11.6 Å².